The minimum atomic E-state index is -0.605. The van der Waals surface area contributed by atoms with Crippen molar-refractivity contribution in [3.63, 3.8) is 0 Å². The van der Waals surface area contributed by atoms with Crippen molar-refractivity contribution in [1.29, 1.82) is 5.26 Å². The van der Waals surface area contributed by atoms with E-state index in [9.17, 15) is 10.1 Å². The second kappa shape index (κ2) is 10.5. The number of fused-ring (bicyclic) bond motifs is 1. The highest BCUT2D eigenvalue weighted by molar-refractivity contribution is 5.74. The molecule has 0 bridgehead atoms. The highest BCUT2D eigenvalue weighted by Gasteiger charge is 2.33. The van der Waals surface area contributed by atoms with E-state index < -0.39 is 11.9 Å². The van der Waals surface area contributed by atoms with Gasteiger partial charge in [0.15, 0.2) is 18.1 Å². The van der Waals surface area contributed by atoms with E-state index >= 15 is 0 Å². The normalized spacial score (nSPS) is 14.3. The van der Waals surface area contributed by atoms with Gasteiger partial charge in [0.25, 0.3) is 0 Å². The number of ether oxygens (including phenoxy) is 5. The average molecular weight is 472 g/mol. The Morgan fingerprint density at radius 2 is 1.71 bits per heavy atom. The smallest absolute Gasteiger partial charge is 0.349 e. The average Bonchev–Trinajstić information content (AvgIpc) is 2.87. The molecule has 0 saturated carbocycles. The minimum Gasteiger partial charge on any atom is -0.494 e. The van der Waals surface area contributed by atoms with Gasteiger partial charge in [-0.3, -0.25) is 0 Å². The van der Waals surface area contributed by atoms with E-state index in [0.717, 1.165) is 5.56 Å². The van der Waals surface area contributed by atoms with Crippen molar-refractivity contribution in [2.75, 3.05) is 20.3 Å². The second-order valence-electron chi connectivity index (χ2n) is 7.51. The van der Waals surface area contributed by atoms with Gasteiger partial charge in [-0.2, -0.15) is 5.26 Å². The zero-order valence-electron chi connectivity index (χ0n) is 19.3. The van der Waals surface area contributed by atoms with Gasteiger partial charge < -0.3 is 29.4 Å². The van der Waals surface area contributed by atoms with Crippen molar-refractivity contribution in [3.8, 4) is 34.8 Å². The molecule has 0 saturated heterocycles. The van der Waals surface area contributed by atoms with Crippen molar-refractivity contribution in [3.05, 3.63) is 89.3 Å². The number of carbonyl (C=O) groups is 1. The van der Waals surface area contributed by atoms with Gasteiger partial charge in [0.05, 0.1) is 19.6 Å². The van der Waals surface area contributed by atoms with Crippen LogP contribution in [0.3, 0.4) is 0 Å². The lowest BCUT2D eigenvalue weighted by atomic mass is 9.83. The highest BCUT2D eigenvalue weighted by Crippen LogP contribution is 2.45. The Labute approximate surface area is 203 Å². The van der Waals surface area contributed by atoms with Crippen LogP contribution in [0, 0.1) is 11.3 Å². The Balaban J connectivity index is 1.57. The molecule has 0 aromatic heterocycles. The summed E-state index contributed by atoms with van der Waals surface area (Å²) in [6, 6.07) is 21.6. The quantitative estimate of drug-likeness (QED) is 0.381. The number of nitrogens with zero attached hydrogens (tertiary/aromatic N) is 1. The molecule has 178 valence electrons. The lowest BCUT2D eigenvalue weighted by molar-refractivity contribution is -0.136. The number of nitriles is 1. The maximum absolute atomic E-state index is 12.4. The molecule has 8 nitrogen and oxygen atoms in total. The monoisotopic (exact) mass is 472 g/mol. The van der Waals surface area contributed by atoms with Crippen molar-refractivity contribution in [2.24, 2.45) is 5.73 Å². The summed E-state index contributed by atoms with van der Waals surface area (Å²) in [4.78, 5) is 12.4. The zero-order chi connectivity index (χ0) is 24.8. The van der Waals surface area contributed by atoms with E-state index in [-0.39, 0.29) is 23.8 Å². The molecule has 0 radical (unpaired) electrons. The summed E-state index contributed by atoms with van der Waals surface area (Å²) in [7, 11) is 1.52. The van der Waals surface area contributed by atoms with Gasteiger partial charge in [0.2, 0.25) is 5.88 Å². The van der Waals surface area contributed by atoms with E-state index in [0.29, 0.717) is 35.2 Å². The number of esters is 1. The summed E-state index contributed by atoms with van der Waals surface area (Å²) in [5, 5.41) is 9.80. The first-order chi connectivity index (χ1) is 17.0. The van der Waals surface area contributed by atoms with Crippen LogP contribution in [0.15, 0.2) is 78.2 Å². The van der Waals surface area contributed by atoms with Crippen molar-refractivity contribution < 1.29 is 28.5 Å². The van der Waals surface area contributed by atoms with Crippen LogP contribution in [-0.4, -0.2) is 26.3 Å². The van der Waals surface area contributed by atoms with Crippen LogP contribution >= 0.6 is 0 Å². The molecule has 2 N–H and O–H groups in total. The topological polar surface area (TPSA) is 113 Å². The number of nitrogens with two attached hydrogens (primary N) is 1. The predicted octanol–water partition coefficient (Wildman–Crippen LogP) is 4.30. The number of hydrogen-bond acceptors (Lipinski definition) is 8. The number of allylic oxidation sites excluding steroid dienone is 1. The van der Waals surface area contributed by atoms with Crippen molar-refractivity contribution >= 4 is 5.97 Å². The molecule has 1 aliphatic rings. The number of benzene rings is 3. The molecule has 1 aliphatic heterocycles. The predicted molar refractivity (Wildman–Crippen MR) is 127 cm³/mol. The van der Waals surface area contributed by atoms with E-state index in [1.807, 2.05) is 31.2 Å². The number of rotatable bonds is 8. The molecular formula is C27H24N2O6. The highest BCUT2D eigenvalue weighted by atomic mass is 16.6. The summed E-state index contributed by atoms with van der Waals surface area (Å²) >= 11 is 0. The van der Waals surface area contributed by atoms with Crippen molar-refractivity contribution in [2.45, 2.75) is 12.8 Å². The molecule has 1 unspecified atom stereocenters. The lowest BCUT2D eigenvalue weighted by Crippen LogP contribution is -2.22. The fourth-order valence-corrected chi connectivity index (χ4v) is 3.86. The fraction of sp³-hybridized carbons (Fsp3) is 0.185. The molecule has 1 atom stereocenters. The van der Waals surface area contributed by atoms with E-state index in [4.69, 9.17) is 29.4 Å². The molecule has 0 fully saturated rings. The minimum absolute atomic E-state index is 0.0146. The van der Waals surface area contributed by atoms with E-state index in [1.54, 1.807) is 42.5 Å². The Morgan fingerprint density at radius 1 is 1.00 bits per heavy atom. The molecular weight excluding hydrogens is 448 g/mol. The Hall–Kier alpha value is -4.64. The third-order valence-corrected chi connectivity index (χ3v) is 5.37. The lowest BCUT2D eigenvalue weighted by Gasteiger charge is -2.27. The number of para-hydroxylation sites is 3. The first-order valence-corrected chi connectivity index (χ1v) is 11.0. The summed E-state index contributed by atoms with van der Waals surface area (Å²) in [5.74, 6) is 1.11. The van der Waals surface area contributed by atoms with Crippen LogP contribution in [0.5, 0.6) is 28.7 Å². The summed E-state index contributed by atoms with van der Waals surface area (Å²) in [5.41, 5.74) is 7.87. The molecule has 0 aliphatic carbocycles. The van der Waals surface area contributed by atoms with Gasteiger partial charge in [-0.15, -0.1) is 0 Å². The van der Waals surface area contributed by atoms with Crippen LogP contribution in [0.4, 0.5) is 0 Å². The molecule has 8 heteroatoms. The molecule has 0 spiro atoms. The van der Waals surface area contributed by atoms with Crippen LogP contribution in [0.2, 0.25) is 0 Å². The molecule has 1 heterocycles. The fourth-order valence-electron chi connectivity index (χ4n) is 3.86. The number of methoxy groups -OCH3 is 1. The van der Waals surface area contributed by atoms with Gasteiger partial charge in [-0.25, -0.2) is 4.79 Å². The Morgan fingerprint density at radius 3 is 2.43 bits per heavy atom. The van der Waals surface area contributed by atoms with Gasteiger partial charge in [0.1, 0.15) is 28.9 Å². The summed E-state index contributed by atoms with van der Waals surface area (Å²) in [6.45, 7) is 2.05. The summed E-state index contributed by atoms with van der Waals surface area (Å²) in [6.07, 6.45) is 0. The van der Waals surface area contributed by atoms with Gasteiger partial charge in [-0.1, -0.05) is 36.4 Å². The zero-order valence-corrected chi connectivity index (χ0v) is 19.3. The molecule has 0 amide bonds. The second-order valence-corrected chi connectivity index (χ2v) is 7.51. The van der Waals surface area contributed by atoms with E-state index in [2.05, 4.69) is 6.07 Å². The number of carbonyl (C=O) groups excluding carboxylic acids is 1. The molecule has 3 aromatic rings. The first-order valence-electron chi connectivity index (χ1n) is 11.0. The molecule has 3 aromatic carbocycles. The SMILES string of the molecule is CCOc1ccccc1C1C(C#N)=C(N)Oc2cc(OC(=O)COc3ccccc3OC)ccc21. The standard InChI is InChI=1S/C27H24N2O6/c1-3-32-21-9-5-4-8-18(21)26-19-13-12-17(14-24(19)35-27(29)20(26)15-28)34-25(30)16-33-23-11-7-6-10-22(23)31-2/h4-14,26H,3,16,29H2,1-2H3. The van der Waals surface area contributed by atoms with Gasteiger partial charge in [0, 0.05) is 17.2 Å². The largest absolute Gasteiger partial charge is 0.494 e. The molecule has 4 rings (SSSR count). The summed E-state index contributed by atoms with van der Waals surface area (Å²) < 4.78 is 27.7. The van der Waals surface area contributed by atoms with Gasteiger partial charge >= 0.3 is 5.97 Å². The Bertz CT molecular complexity index is 1310. The van der Waals surface area contributed by atoms with Crippen LogP contribution in [-0.2, 0) is 4.79 Å². The van der Waals surface area contributed by atoms with Crippen LogP contribution < -0.4 is 29.4 Å². The molecule has 35 heavy (non-hydrogen) atoms. The Kier molecular flexibility index (Phi) is 7.07. The van der Waals surface area contributed by atoms with Crippen molar-refractivity contribution in [1.82, 2.24) is 0 Å². The van der Waals surface area contributed by atoms with Crippen LogP contribution in [0.25, 0.3) is 0 Å². The van der Waals surface area contributed by atoms with E-state index in [1.165, 1.54) is 7.11 Å². The number of hydrogen-bond donors (Lipinski definition) is 1. The maximum Gasteiger partial charge on any atom is 0.349 e. The van der Waals surface area contributed by atoms with Crippen LogP contribution in [0.1, 0.15) is 24.0 Å². The third-order valence-electron chi connectivity index (χ3n) is 5.37. The maximum atomic E-state index is 12.4. The van der Waals surface area contributed by atoms with Gasteiger partial charge in [-0.05, 0) is 31.2 Å². The third kappa shape index (κ3) is 4.99. The first kappa shape index (κ1) is 23.5.